The summed E-state index contributed by atoms with van der Waals surface area (Å²) in [7, 11) is 0. The molecule has 1 fully saturated rings. The van der Waals surface area contributed by atoms with E-state index in [9.17, 15) is 18.8 Å². The maximum Gasteiger partial charge on any atom is 0.275 e. The summed E-state index contributed by atoms with van der Waals surface area (Å²) in [5, 5.41) is 8.23. The van der Waals surface area contributed by atoms with Gasteiger partial charge < -0.3 is 10.2 Å². The quantitative estimate of drug-likeness (QED) is 0.641. The summed E-state index contributed by atoms with van der Waals surface area (Å²) in [6.07, 6.45) is 5.40. The Bertz CT molecular complexity index is 1260. The van der Waals surface area contributed by atoms with Crippen LogP contribution in [-0.2, 0) is 22.7 Å². The van der Waals surface area contributed by atoms with E-state index in [1.54, 1.807) is 24.3 Å². The lowest BCUT2D eigenvalue weighted by Crippen LogP contribution is -2.34. The van der Waals surface area contributed by atoms with Crippen molar-refractivity contribution in [3.8, 4) is 12.3 Å². The van der Waals surface area contributed by atoms with E-state index in [0.29, 0.717) is 22.2 Å². The van der Waals surface area contributed by atoms with E-state index < -0.39 is 11.7 Å². The molecule has 4 rings (SSSR count). The highest BCUT2D eigenvalue weighted by Gasteiger charge is 2.35. The van der Waals surface area contributed by atoms with Crippen molar-refractivity contribution in [2.24, 2.45) is 5.92 Å². The molecule has 2 heterocycles. The van der Waals surface area contributed by atoms with Crippen LogP contribution in [0.25, 0.3) is 10.8 Å². The smallest absolute Gasteiger partial charge is 0.275 e. The summed E-state index contributed by atoms with van der Waals surface area (Å²) in [6, 6.07) is 12.6. The number of aromatic nitrogens is 2. The summed E-state index contributed by atoms with van der Waals surface area (Å²) in [5.41, 5.74) is 0.772. The highest BCUT2D eigenvalue weighted by Crippen LogP contribution is 2.25. The Hall–Kier alpha value is -3.99. The lowest BCUT2D eigenvalue weighted by atomic mass is 10.1. The first kappa shape index (κ1) is 20.3. The van der Waals surface area contributed by atoms with Crippen LogP contribution in [0, 0.1) is 24.1 Å². The van der Waals surface area contributed by atoms with E-state index in [0.717, 1.165) is 0 Å². The molecule has 1 N–H and O–H groups in total. The second-order valence-corrected chi connectivity index (χ2v) is 7.26. The zero-order valence-electron chi connectivity index (χ0n) is 16.5. The molecule has 1 aliphatic rings. The monoisotopic (exact) mass is 418 g/mol. The number of amides is 2. The highest BCUT2D eigenvalue weighted by atomic mass is 19.1. The third-order valence-corrected chi connectivity index (χ3v) is 5.25. The predicted octanol–water partition coefficient (Wildman–Crippen LogP) is 1.84. The second-order valence-electron chi connectivity index (χ2n) is 7.26. The number of carbonyl (C=O) groups is 2. The van der Waals surface area contributed by atoms with Gasteiger partial charge in [-0.05, 0) is 30.3 Å². The maximum atomic E-state index is 13.1. The number of benzene rings is 2. The number of nitrogens with zero attached hydrogens (tertiary/aromatic N) is 3. The normalized spacial score (nSPS) is 15.8. The average Bonchev–Trinajstić information content (AvgIpc) is 3.17. The number of terminal acetylenes is 1. The Morgan fingerprint density at radius 1 is 1.16 bits per heavy atom. The standard InChI is InChI=1S/C23H19FN4O3/c1-2-11-28-23(31)19-6-4-3-5-18(19)20(26-28)13-25-22(30)15-12-21(29)27(14-15)17-9-7-16(24)8-10-17/h1,3-10,15H,11-14H2,(H,25,30). The number of fused-ring (bicyclic) bond motifs is 1. The number of halogens is 1. The van der Waals surface area contributed by atoms with E-state index in [1.165, 1.54) is 33.8 Å². The Balaban J connectivity index is 1.50. The molecule has 3 aromatic rings. The van der Waals surface area contributed by atoms with Gasteiger partial charge in [-0.15, -0.1) is 6.42 Å². The minimum absolute atomic E-state index is 0.0222. The molecule has 31 heavy (non-hydrogen) atoms. The largest absolute Gasteiger partial charge is 0.350 e. The molecule has 0 spiro atoms. The number of hydrogen-bond acceptors (Lipinski definition) is 4. The predicted molar refractivity (Wildman–Crippen MR) is 114 cm³/mol. The third kappa shape index (κ3) is 4.03. The molecule has 8 heteroatoms. The first-order valence-corrected chi connectivity index (χ1v) is 9.74. The fourth-order valence-corrected chi connectivity index (χ4v) is 3.70. The van der Waals surface area contributed by atoms with Gasteiger partial charge in [0.1, 0.15) is 12.4 Å². The Labute approximate surface area is 177 Å². The van der Waals surface area contributed by atoms with Crippen molar-refractivity contribution < 1.29 is 14.0 Å². The molecule has 0 bridgehead atoms. The van der Waals surface area contributed by atoms with Crippen molar-refractivity contribution >= 4 is 28.3 Å². The van der Waals surface area contributed by atoms with Crippen molar-refractivity contribution in [3.05, 3.63) is 70.4 Å². The number of anilines is 1. The fraction of sp³-hybridized carbons (Fsp3) is 0.217. The van der Waals surface area contributed by atoms with Crippen molar-refractivity contribution in [1.29, 1.82) is 0 Å². The average molecular weight is 418 g/mol. The molecule has 1 saturated heterocycles. The Kier molecular flexibility index (Phi) is 5.50. The van der Waals surface area contributed by atoms with Gasteiger partial charge in [-0.1, -0.05) is 24.1 Å². The zero-order chi connectivity index (χ0) is 22.0. The molecule has 1 aromatic heterocycles. The maximum absolute atomic E-state index is 13.1. The van der Waals surface area contributed by atoms with Gasteiger partial charge in [-0.25, -0.2) is 9.07 Å². The molecule has 1 unspecified atom stereocenters. The van der Waals surface area contributed by atoms with Crippen LogP contribution in [0.2, 0.25) is 0 Å². The van der Waals surface area contributed by atoms with Gasteiger partial charge in [0, 0.05) is 24.0 Å². The van der Waals surface area contributed by atoms with Gasteiger partial charge in [0.2, 0.25) is 11.8 Å². The van der Waals surface area contributed by atoms with Crippen LogP contribution >= 0.6 is 0 Å². The zero-order valence-corrected chi connectivity index (χ0v) is 16.5. The summed E-state index contributed by atoms with van der Waals surface area (Å²) < 4.78 is 14.3. The molecule has 1 aliphatic heterocycles. The van der Waals surface area contributed by atoms with Gasteiger partial charge in [0.05, 0.1) is 23.5 Å². The summed E-state index contributed by atoms with van der Waals surface area (Å²) >= 11 is 0. The Morgan fingerprint density at radius 3 is 2.58 bits per heavy atom. The SMILES string of the molecule is C#CCn1nc(CNC(=O)C2CC(=O)N(c3ccc(F)cc3)C2)c2ccccc2c1=O. The van der Waals surface area contributed by atoms with Crippen LogP contribution in [0.15, 0.2) is 53.3 Å². The van der Waals surface area contributed by atoms with Crippen molar-refractivity contribution in [2.75, 3.05) is 11.4 Å². The lowest BCUT2D eigenvalue weighted by molar-refractivity contribution is -0.126. The van der Waals surface area contributed by atoms with E-state index >= 15 is 0 Å². The van der Waals surface area contributed by atoms with Crippen LogP contribution in [0.5, 0.6) is 0 Å². The van der Waals surface area contributed by atoms with Gasteiger partial charge in [-0.2, -0.15) is 5.10 Å². The molecule has 2 aromatic carbocycles. The Morgan fingerprint density at radius 2 is 1.87 bits per heavy atom. The van der Waals surface area contributed by atoms with Crippen LogP contribution < -0.4 is 15.8 Å². The summed E-state index contributed by atoms with van der Waals surface area (Å²) in [6.45, 7) is 0.320. The van der Waals surface area contributed by atoms with Crippen LogP contribution in [0.3, 0.4) is 0 Å². The van der Waals surface area contributed by atoms with E-state index in [1.807, 2.05) is 0 Å². The number of rotatable bonds is 5. The first-order chi connectivity index (χ1) is 15.0. The second kappa shape index (κ2) is 8.40. The molecule has 0 aliphatic carbocycles. The molecule has 1 atom stereocenters. The molecule has 7 nitrogen and oxygen atoms in total. The number of nitrogens with one attached hydrogen (secondary N) is 1. The van der Waals surface area contributed by atoms with Crippen LogP contribution in [-0.4, -0.2) is 28.1 Å². The van der Waals surface area contributed by atoms with Crippen molar-refractivity contribution in [3.63, 3.8) is 0 Å². The fourth-order valence-electron chi connectivity index (χ4n) is 3.70. The summed E-state index contributed by atoms with van der Waals surface area (Å²) in [4.78, 5) is 39.1. The minimum Gasteiger partial charge on any atom is -0.350 e. The van der Waals surface area contributed by atoms with Gasteiger partial charge in [0.25, 0.3) is 5.56 Å². The van der Waals surface area contributed by atoms with E-state index in [2.05, 4.69) is 16.3 Å². The molecule has 0 radical (unpaired) electrons. The van der Waals surface area contributed by atoms with Crippen molar-refractivity contribution in [1.82, 2.24) is 15.1 Å². The molecule has 2 amide bonds. The molecule has 156 valence electrons. The lowest BCUT2D eigenvalue weighted by Gasteiger charge is -2.17. The number of carbonyl (C=O) groups excluding carboxylic acids is 2. The van der Waals surface area contributed by atoms with Crippen molar-refractivity contribution in [2.45, 2.75) is 19.5 Å². The summed E-state index contributed by atoms with van der Waals surface area (Å²) in [5.74, 6) is 0.978. The van der Waals surface area contributed by atoms with Gasteiger partial charge in [0.15, 0.2) is 0 Å². The molecular weight excluding hydrogens is 399 g/mol. The van der Waals surface area contributed by atoms with Gasteiger partial charge >= 0.3 is 0 Å². The minimum atomic E-state index is -0.541. The van der Waals surface area contributed by atoms with E-state index in [4.69, 9.17) is 6.42 Å². The van der Waals surface area contributed by atoms with Crippen LogP contribution in [0.4, 0.5) is 10.1 Å². The molecule has 0 saturated carbocycles. The van der Waals surface area contributed by atoms with E-state index in [-0.39, 0.29) is 43.4 Å². The number of hydrogen-bond donors (Lipinski definition) is 1. The molecular formula is C23H19FN4O3. The third-order valence-electron chi connectivity index (χ3n) is 5.25. The first-order valence-electron chi connectivity index (χ1n) is 9.74. The van der Waals surface area contributed by atoms with Crippen LogP contribution in [0.1, 0.15) is 12.1 Å². The highest BCUT2D eigenvalue weighted by molar-refractivity contribution is 6.00. The van der Waals surface area contributed by atoms with Gasteiger partial charge in [-0.3, -0.25) is 14.4 Å². The topological polar surface area (TPSA) is 84.3 Å².